The van der Waals surface area contributed by atoms with Gasteiger partial charge >= 0.3 is 0 Å². The number of halogens is 1. The molecule has 0 amide bonds. The second kappa shape index (κ2) is 6.12. The SMILES string of the molecule is CC(C)(C)Cn1c(COc2cc(Cl)ncn2)cc2cncnc21. The van der Waals surface area contributed by atoms with Gasteiger partial charge in [0.2, 0.25) is 5.88 Å². The molecule has 0 aromatic carbocycles. The van der Waals surface area contributed by atoms with Gasteiger partial charge in [0.05, 0.1) is 5.69 Å². The first-order valence-corrected chi connectivity index (χ1v) is 7.69. The van der Waals surface area contributed by atoms with Crippen LogP contribution in [0.5, 0.6) is 5.88 Å². The maximum absolute atomic E-state index is 5.85. The molecule has 0 radical (unpaired) electrons. The number of ether oxygens (including phenoxy) is 1. The molecule has 0 N–H and O–H groups in total. The van der Waals surface area contributed by atoms with Crippen LogP contribution in [0.25, 0.3) is 11.0 Å². The molecule has 3 heterocycles. The Morgan fingerprint density at radius 1 is 1.13 bits per heavy atom. The van der Waals surface area contributed by atoms with Crippen LogP contribution in [0.15, 0.2) is 31.0 Å². The zero-order valence-corrected chi connectivity index (χ0v) is 14.1. The van der Waals surface area contributed by atoms with E-state index in [9.17, 15) is 0 Å². The van der Waals surface area contributed by atoms with Gasteiger partial charge in [-0.3, -0.25) is 0 Å². The number of rotatable bonds is 4. The van der Waals surface area contributed by atoms with E-state index < -0.39 is 0 Å². The lowest BCUT2D eigenvalue weighted by Crippen LogP contribution is -2.18. The fourth-order valence-corrected chi connectivity index (χ4v) is 2.51. The van der Waals surface area contributed by atoms with Crippen molar-refractivity contribution in [1.29, 1.82) is 0 Å². The van der Waals surface area contributed by atoms with Crippen molar-refractivity contribution in [2.45, 2.75) is 33.9 Å². The predicted molar refractivity (Wildman–Crippen MR) is 88.4 cm³/mol. The average molecular weight is 332 g/mol. The first-order valence-electron chi connectivity index (χ1n) is 7.31. The summed E-state index contributed by atoms with van der Waals surface area (Å²) in [6, 6.07) is 3.64. The fourth-order valence-electron chi connectivity index (χ4n) is 2.37. The van der Waals surface area contributed by atoms with E-state index in [1.165, 1.54) is 6.33 Å². The summed E-state index contributed by atoms with van der Waals surface area (Å²) in [5.41, 5.74) is 2.04. The van der Waals surface area contributed by atoms with Crippen LogP contribution in [0.3, 0.4) is 0 Å². The molecule has 6 nitrogen and oxygen atoms in total. The summed E-state index contributed by atoms with van der Waals surface area (Å²) >= 11 is 5.85. The first kappa shape index (κ1) is 15.7. The van der Waals surface area contributed by atoms with Crippen LogP contribution in [0.2, 0.25) is 5.15 Å². The van der Waals surface area contributed by atoms with E-state index in [0.29, 0.717) is 17.6 Å². The predicted octanol–water partition coefficient (Wildman–Crippen LogP) is 3.50. The van der Waals surface area contributed by atoms with Crippen LogP contribution in [0.1, 0.15) is 26.5 Å². The zero-order chi connectivity index (χ0) is 16.4. The summed E-state index contributed by atoms with van der Waals surface area (Å²) in [4.78, 5) is 16.4. The number of hydrogen-bond donors (Lipinski definition) is 0. The van der Waals surface area contributed by atoms with Gasteiger partial charge in [-0.25, -0.2) is 19.9 Å². The number of hydrogen-bond acceptors (Lipinski definition) is 5. The van der Waals surface area contributed by atoms with Gasteiger partial charge in [0.1, 0.15) is 30.1 Å². The van der Waals surface area contributed by atoms with Crippen LogP contribution < -0.4 is 4.74 Å². The Labute approximate surface area is 139 Å². The number of fused-ring (bicyclic) bond motifs is 1. The minimum Gasteiger partial charge on any atom is -0.471 e. The summed E-state index contributed by atoms with van der Waals surface area (Å²) in [5.74, 6) is 0.448. The van der Waals surface area contributed by atoms with Crippen LogP contribution in [0, 0.1) is 5.41 Å². The lowest BCUT2D eigenvalue weighted by atomic mass is 9.97. The molecule has 0 saturated heterocycles. The van der Waals surface area contributed by atoms with Crippen LogP contribution >= 0.6 is 11.6 Å². The molecular weight excluding hydrogens is 314 g/mol. The summed E-state index contributed by atoms with van der Waals surface area (Å²) in [5, 5.41) is 1.35. The van der Waals surface area contributed by atoms with Crippen LogP contribution in [-0.4, -0.2) is 24.5 Å². The molecule has 0 unspecified atom stereocenters. The standard InChI is InChI=1S/C16H18ClN5O/c1-16(2,3)8-22-12(4-11-6-18-9-21-15(11)22)7-23-14-5-13(17)19-10-20-14/h4-6,9-10H,7-8H2,1-3H3. The highest BCUT2D eigenvalue weighted by molar-refractivity contribution is 6.29. The van der Waals surface area contributed by atoms with Gasteiger partial charge in [-0.15, -0.1) is 0 Å². The number of aromatic nitrogens is 5. The summed E-state index contributed by atoms with van der Waals surface area (Å²) in [6.45, 7) is 7.77. The Balaban J connectivity index is 1.91. The van der Waals surface area contributed by atoms with Crippen molar-refractivity contribution in [3.8, 4) is 5.88 Å². The molecule has 0 bridgehead atoms. The van der Waals surface area contributed by atoms with Gasteiger partial charge in [0, 0.05) is 24.2 Å². The van der Waals surface area contributed by atoms with Crippen molar-refractivity contribution in [2.24, 2.45) is 5.41 Å². The van der Waals surface area contributed by atoms with Gasteiger partial charge in [-0.1, -0.05) is 32.4 Å². The van der Waals surface area contributed by atoms with Gasteiger partial charge in [-0.05, 0) is 11.5 Å². The van der Waals surface area contributed by atoms with E-state index in [1.54, 1.807) is 12.4 Å². The Bertz CT molecular complexity index is 825. The molecule has 3 aromatic rings. The minimum absolute atomic E-state index is 0.115. The molecule has 3 aromatic heterocycles. The zero-order valence-electron chi connectivity index (χ0n) is 13.3. The molecule has 3 rings (SSSR count). The molecule has 0 aliphatic heterocycles. The molecule has 0 fully saturated rings. The third-order valence-corrected chi connectivity index (χ3v) is 3.46. The number of nitrogens with zero attached hydrogens (tertiary/aromatic N) is 5. The van der Waals surface area contributed by atoms with Crippen molar-refractivity contribution in [1.82, 2.24) is 24.5 Å². The van der Waals surface area contributed by atoms with Crippen molar-refractivity contribution < 1.29 is 4.74 Å². The van der Waals surface area contributed by atoms with Gasteiger partial charge in [-0.2, -0.15) is 0 Å². The third kappa shape index (κ3) is 3.76. The van der Waals surface area contributed by atoms with Crippen molar-refractivity contribution >= 4 is 22.6 Å². The lowest BCUT2D eigenvalue weighted by molar-refractivity contribution is 0.271. The maximum Gasteiger partial charge on any atom is 0.218 e. The second-order valence-electron chi connectivity index (χ2n) is 6.55. The van der Waals surface area contributed by atoms with E-state index in [1.807, 2.05) is 12.3 Å². The summed E-state index contributed by atoms with van der Waals surface area (Å²) in [7, 11) is 0. The molecule has 7 heteroatoms. The molecule has 0 aliphatic carbocycles. The Morgan fingerprint density at radius 2 is 1.96 bits per heavy atom. The van der Waals surface area contributed by atoms with E-state index in [2.05, 4.69) is 45.3 Å². The Morgan fingerprint density at radius 3 is 2.70 bits per heavy atom. The molecule has 0 atom stereocenters. The lowest BCUT2D eigenvalue weighted by Gasteiger charge is -2.21. The quantitative estimate of drug-likeness (QED) is 0.684. The van der Waals surface area contributed by atoms with E-state index in [-0.39, 0.29) is 5.41 Å². The molecule has 0 spiro atoms. The molecular formula is C16H18ClN5O. The fraction of sp³-hybridized carbons (Fsp3) is 0.375. The van der Waals surface area contributed by atoms with E-state index in [4.69, 9.17) is 16.3 Å². The molecule has 23 heavy (non-hydrogen) atoms. The summed E-state index contributed by atoms with van der Waals surface area (Å²) in [6.07, 6.45) is 4.76. The van der Waals surface area contributed by atoms with Crippen LogP contribution in [-0.2, 0) is 13.2 Å². The highest BCUT2D eigenvalue weighted by atomic mass is 35.5. The van der Waals surface area contributed by atoms with Gasteiger partial charge in [0.15, 0.2) is 0 Å². The summed E-state index contributed by atoms with van der Waals surface area (Å²) < 4.78 is 7.92. The van der Waals surface area contributed by atoms with Crippen molar-refractivity contribution in [3.63, 3.8) is 0 Å². The normalized spacial score (nSPS) is 11.8. The van der Waals surface area contributed by atoms with E-state index in [0.717, 1.165) is 23.3 Å². The second-order valence-corrected chi connectivity index (χ2v) is 6.94. The Kier molecular flexibility index (Phi) is 4.17. The third-order valence-electron chi connectivity index (χ3n) is 3.25. The van der Waals surface area contributed by atoms with Gasteiger partial charge < -0.3 is 9.30 Å². The largest absolute Gasteiger partial charge is 0.471 e. The van der Waals surface area contributed by atoms with Crippen LogP contribution in [0.4, 0.5) is 0 Å². The molecule has 120 valence electrons. The minimum atomic E-state index is 0.115. The highest BCUT2D eigenvalue weighted by Gasteiger charge is 2.17. The smallest absolute Gasteiger partial charge is 0.218 e. The maximum atomic E-state index is 5.85. The molecule has 0 aliphatic rings. The average Bonchev–Trinajstić information content (AvgIpc) is 2.82. The van der Waals surface area contributed by atoms with E-state index >= 15 is 0 Å². The van der Waals surface area contributed by atoms with Crippen molar-refractivity contribution in [2.75, 3.05) is 0 Å². The first-order chi connectivity index (χ1) is 10.9. The van der Waals surface area contributed by atoms with Crippen molar-refractivity contribution in [3.05, 3.63) is 41.8 Å². The molecule has 0 saturated carbocycles. The highest BCUT2D eigenvalue weighted by Crippen LogP contribution is 2.24. The Hall–Kier alpha value is -2.21. The monoisotopic (exact) mass is 331 g/mol. The topological polar surface area (TPSA) is 65.7 Å². The van der Waals surface area contributed by atoms with Gasteiger partial charge in [0.25, 0.3) is 0 Å².